The van der Waals surface area contributed by atoms with Crippen molar-refractivity contribution in [3.8, 4) is 0 Å². The highest BCUT2D eigenvalue weighted by atomic mass is 35.5. The Labute approximate surface area is 161 Å². The Balaban J connectivity index is 1.46. The van der Waals surface area contributed by atoms with E-state index in [4.69, 9.17) is 11.6 Å². The van der Waals surface area contributed by atoms with Gasteiger partial charge in [0.25, 0.3) is 5.91 Å². The predicted molar refractivity (Wildman–Crippen MR) is 101 cm³/mol. The quantitative estimate of drug-likeness (QED) is 0.759. The highest BCUT2D eigenvalue weighted by Gasteiger charge is 2.52. The Hall–Kier alpha value is -2.03. The lowest BCUT2D eigenvalue weighted by Crippen LogP contribution is -2.70. The van der Waals surface area contributed by atoms with Gasteiger partial charge in [-0.25, -0.2) is 4.79 Å². The Morgan fingerprint density at radius 1 is 1.38 bits per heavy atom. The number of carbonyl (C=O) groups is 3. The van der Waals surface area contributed by atoms with E-state index in [1.807, 2.05) is 17.5 Å². The van der Waals surface area contributed by atoms with Crippen LogP contribution < -0.4 is 5.32 Å². The average Bonchev–Trinajstić information content (AvgIpc) is 3.00. The molecule has 4 rings (SSSR count). The van der Waals surface area contributed by atoms with E-state index >= 15 is 0 Å². The molecule has 0 radical (unpaired) electrons. The number of thioether (sulfide) groups is 1. The summed E-state index contributed by atoms with van der Waals surface area (Å²) in [7, 11) is 0. The molecule has 134 valence electrons. The molecule has 2 aromatic rings. The molecule has 2 aliphatic rings. The van der Waals surface area contributed by atoms with Gasteiger partial charge in [-0.3, -0.25) is 14.5 Å². The maximum atomic E-state index is 12.4. The maximum Gasteiger partial charge on any atom is 0.352 e. The van der Waals surface area contributed by atoms with Gasteiger partial charge in [-0.1, -0.05) is 11.6 Å². The molecule has 1 aromatic heterocycles. The van der Waals surface area contributed by atoms with Crippen LogP contribution in [0.25, 0.3) is 10.1 Å². The molecule has 0 unspecified atom stereocenters. The van der Waals surface area contributed by atoms with Gasteiger partial charge < -0.3 is 10.4 Å². The van der Waals surface area contributed by atoms with E-state index in [1.54, 1.807) is 6.07 Å². The molecule has 2 amide bonds. The first-order valence-corrected chi connectivity index (χ1v) is 10.1. The number of thiophene rings is 1. The Bertz CT molecular complexity index is 971. The van der Waals surface area contributed by atoms with Crippen molar-refractivity contribution in [1.29, 1.82) is 0 Å². The van der Waals surface area contributed by atoms with Gasteiger partial charge >= 0.3 is 5.97 Å². The molecular weight excluding hydrogens is 396 g/mol. The van der Waals surface area contributed by atoms with Crippen LogP contribution in [0.2, 0.25) is 5.02 Å². The highest BCUT2D eigenvalue weighted by molar-refractivity contribution is 8.00. The fourth-order valence-corrected chi connectivity index (χ4v) is 5.44. The number of halogens is 1. The first-order chi connectivity index (χ1) is 12.5. The summed E-state index contributed by atoms with van der Waals surface area (Å²) in [6.07, 6.45) is 1.66. The number of hydrogen-bond acceptors (Lipinski definition) is 5. The zero-order valence-corrected chi connectivity index (χ0v) is 15.7. The molecular formula is C17H13ClN2O4S2. The van der Waals surface area contributed by atoms with Gasteiger partial charge in [0.15, 0.2) is 0 Å². The average molecular weight is 409 g/mol. The molecule has 1 fully saturated rings. The number of nitrogens with one attached hydrogen (secondary N) is 1. The zero-order chi connectivity index (χ0) is 18.4. The lowest BCUT2D eigenvalue weighted by Gasteiger charge is -2.48. The van der Waals surface area contributed by atoms with Gasteiger partial charge in [0, 0.05) is 15.5 Å². The Kier molecular flexibility index (Phi) is 4.42. The largest absolute Gasteiger partial charge is 0.477 e. The van der Waals surface area contributed by atoms with Crippen LogP contribution in [0.15, 0.2) is 35.4 Å². The minimum Gasteiger partial charge on any atom is -0.477 e. The second kappa shape index (κ2) is 6.61. The smallest absolute Gasteiger partial charge is 0.352 e. The van der Waals surface area contributed by atoms with Gasteiger partial charge in [-0.15, -0.1) is 23.1 Å². The van der Waals surface area contributed by atoms with Crippen molar-refractivity contribution in [3.63, 3.8) is 0 Å². The number of fused-ring (bicyclic) bond motifs is 2. The Morgan fingerprint density at radius 2 is 2.19 bits per heavy atom. The van der Waals surface area contributed by atoms with Crippen molar-refractivity contribution in [2.75, 3.05) is 5.75 Å². The van der Waals surface area contributed by atoms with Gasteiger partial charge in [-0.2, -0.15) is 0 Å². The SMILES string of the molecule is O=C(Cc1csc2ccc(Cl)cc12)N[C@@H]1C(=O)N2C(C(=O)O)=CCS[C@H]12. The summed E-state index contributed by atoms with van der Waals surface area (Å²) in [5, 5.41) is 15.0. The minimum atomic E-state index is -1.13. The summed E-state index contributed by atoms with van der Waals surface area (Å²) >= 11 is 9.00. The fraction of sp³-hybridized carbons (Fsp3) is 0.235. The van der Waals surface area contributed by atoms with Crippen molar-refractivity contribution < 1.29 is 19.5 Å². The standard InChI is InChI=1S/C17H13ClN2O4S2/c18-9-1-2-12-10(6-9)8(7-26-12)5-13(21)19-14-15(22)20-11(17(23)24)3-4-25-16(14)20/h1-3,6-7,14,16H,4-5H2,(H,19,21)(H,23,24)/t14-,16-/m1/s1. The van der Waals surface area contributed by atoms with Crippen LogP contribution >= 0.6 is 34.7 Å². The number of β-lactam (4-membered cyclic amide) rings is 1. The van der Waals surface area contributed by atoms with E-state index in [0.29, 0.717) is 10.8 Å². The van der Waals surface area contributed by atoms with Crippen molar-refractivity contribution in [3.05, 3.63) is 45.9 Å². The van der Waals surface area contributed by atoms with Crippen LogP contribution in [-0.2, 0) is 20.8 Å². The number of aliphatic carboxylic acids is 1. The van der Waals surface area contributed by atoms with E-state index < -0.39 is 12.0 Å². The summed E-state index contributed by atoms with van der Waals surface area (Å²) in [6, 6.07) is 4.85. The summed E-state index contributed by atoms with van der Waals surface area (Å²) in [4.78, 5) is 37.2. The molecule has 1 aromatic carbocycles. The number of carboxylic acids is 1. The van der Waals surface area contributed by atoms with Gasteiger partial charge in [0.1, 0.15) is 17.1 Å². The number of carboxylic acid groups (broad SMARTS) is 1. The number of hydrogen-bond donors (Lipinski definition) is 2. The van der Waals surface area contributed by atoms with Gasteiger partial charge in [0.05, 0.1) is 6.42 Å². The molecule has 1 saturated heterocycles. The lowest BCUT2D eigenvalue weighted by molar-refractivity contribution is -0.150. The summed E-state index contributed by atoms with van der Waals surface area (Å²) in [5.74, 6) is -1.29. The van der Waals surface area contributed by atoms with Crippen LogP contribution in [0.4, 0.5) is 0 Å². The van der Waals surface area contributed by atoms with Gasteiger partial charge in [0.2, 0.25) is 5.91 Å². The summed E-state index contributed by atoms with van der Waals surface area (Å²) in [6.45, 7) is 0. The van der Waals surface area contributed by atoms with E-state index in [2.05, 4.69) is 5.32 Å². The third kappa shape index (κ3) is 2.87. The first kappa shape index (κ1) is 17.4. The van der Waals surface area contributed by atoms with E-state index in [-0.39, 0.29) is 29.3 Å². The van der Waals surface area contributed by atoms with Gasteiger partial charge in [-0.05, 0) is 40.6 Å². The van der Waals surface area contributed by atoms with Crippen LogP contribution in [0.5, 0.6) is 0 Å². The molecule has 0 bridgehead atoms. The minimum absolute atomic E-state index is 0.0114. The second-order valence-electron chi connectivity index (χ2n) is 5.95. The lowest BCUT2D eigenvalue weighted by atomic mass is 10.0. The predicted octanol–water partition coefficient (Wildman–Crippen LogP) is 2.47. The van der Waals surface area contributed by atoms with E-state index in [1.165, 1.54) is 34.1 Å². The molecule has 0 aliphatic carbocycles. The number of benzene rings is 1. The number of rotatable bonds is 4. The van der Waals surface area contributed by atoms with Crippen molar-refractivity contribution in [2.24, 2.45) is 0 Å². The normalized spacial score (nSPS) is 21.8. The molecule has 2 N–H and O–H groups in total. The number of nitrogens with zero attached hydrogens (tertiary/aromatic N) is 1. The molecule has 26 heavy (non-hydrogen) atoms. The molecule has 9 heteroatoms. The third-order valence-electron chi connectivity index (χ3n) is 4.35. The van der Waals surface area contributed by atoms with E-state index in [0.717, 1.165) is 15.6 Å². The molecule has 0 saturated carbocycles. The number of amides is 2. The third-order valence-corrected chi connectivity index (χ3v) is 6.78. The Morgan fingerprint density at radius 3 is 2.96 bits per heavy atom. The highest BCUT2D eigenvalue weighted by Crippen LogP contribution is 2.37. The maximum absolute atomic E-state index is 12.4. The van der Waals surface area contributed by atoms with Crippen molar-refractivity contribution in [2.45, 2.75) is 17.8 Å². The van der Waals surface area contributed by atoms with Crippen LogP contribution in [0, 0.1) is 0 Å². The first-order valence-electron chi connectivity index (χ1n) is 7.79. The number of carbonyl (C=O) groups excluding carboxylic acids is 2. The van der Waals surface area contributed by atoms with Crippen LogP contribution in [0.1, 0.15) is 5.56 Å². The topological polar surface area (TPSA) is 86.7 Å². The van der Waals surface area contributed by atoms with Crippen molar-refractivity contribution in [1.82, 2.24) is 10.2 Å². The molecule has 3 heterocycles. The van der Waals surface area contributed by atoms with Crippen LogP contribution in [-0.4, -0.2) is 45.0 Å². The fourth-order valence-electron chi connectivity index (χ4n) is 3.13. The monoisotopic (exact) mass is 408 g/mol. The molecule has 0 spiro atoms. The van der Waals surface area contributed by atoms with Crippen molar-refractivity contribution >= 4 is 62.6 Å². The molecule has 6 nitrogen and oxygen atoms in total. The second-order valence-corrected chi connectivity index (χ2v) is 8.45. The van der Waals surface area contributed by atoms with Crippen LogP contribution in [0.3, 0.4) is 0 Å². The van der Waals surface area contributed by atoms with E-state index in [9.17, 15) is 19.5 Å². The summed E-state index contributed by atoms with van der Waals surface area (Å²) in [5.41, 5.74) is 0.846. The molecule has 2 aliphatic heterocycles. The molecule has 2 atom stereocenters. The summed E-state index contributed by atoms with van der Waals surface area (Å²) < 4.78 is 1.04. The zero-order valence-electron chi connectivity index (χ0n) is 13.3.